The van der Waals surface area contributed by atoms with Gasteiger partial charge in [0.25, 0.3) is 0 Å². The first kappa shape index (κ1) is 16.1. The maximum absolute atomic E-state index is 5.73. The van der Waals surface area contributed by atoms with Crippen molar-refractivity contribution in [2.45, 2.75) is 32.7 Å². The van der Waals surface area contributed by atoms with Crippen molar-refractivity contribution in [1.82, 2.24) is 10.3 Å². The molecule has 1 unspecified atom stereocenters. The normalized spacial score (nSPS) is 12.7. The van der Waals surface area contributed by atoms with Gasteiger partial charge < -0.3 is 11.1 Å². The second-order valence-corrected chi connectivity index (χ2v) is 3.79. The monoisotopic (exact) mass is 348 g/mol. The summed E-state index contributed by atoms with van der Waals surface area (Å²) in [5, 5.41) is 3.12. The standard InChI is InChI=1S/C12H20N4.HI/c1-3-10(2)16-12(13)15-9-7-11-6-4-5-8-14-11;/h4-6,8,10H,3,7,9H2,1-2H3,(H3,13,15,16);1H. The highest BCUT2D eigenvalue weighted by atomic mass is 127. The highest BCUT2D eigenvalue weighted by Crippen LogP contribution is 1.94. The molecule has 1 rings (SSSR count). The van der Waals surface area contributed by atoms with Crippen molar-refractivity contribution in [1.29, 1.82) is 0 Å². The quantitative estimate of drug-likeness (QED) is 0.486. The Balaban J connectivity index is 0.00000256. The zero-order valence-corrected chi connectivity index (χ0v) is 12.7. The van der Waals surface area contributed by atoms with Gasteiger partial charge in [0.1, 0.15) is 0 Å². The maximum atomic E-state index is 5.73. The van der Waals surface area contributed by atoms with E-state index in [1.54, 1.807) is 6.20 Å². The Labute approximate surface area is 120 Å². The number of nitrogens with one attached hydrogen (secondary N) is 1. The van der Waals surface area contributed by atoms with E-state index in [0.29, 0.717) is 18.5 Å². The molecule has 0 amide bonds. The maximum Gasteiger partial charge on any atom is 0.188 e. The fraction of sp³-hybridized carbons (Fsp3) is 0.500. The van der Waals surface area contributed by atoms with Gasteiger partial charge in [0.2, 0.25) is 0 Å². The SMILES string of the molecule is CCC(C)NC(N)=NCCc1ccccn1.I. The molecule has 3 N–H and O–H groups in total. The van der Waals surface area contributed by atoms with Crippen molar-refractivity contribution >= 4 is 29.9 Å². The highest BCUT2D eigenvalue weighted by Gasteiger charge is 1.98. The molecule has 0 bridgehead atoms. The Morgan fingerprint density at radius 2 is 2.29 bits per heavy atom. The molecule has 1 atom stereocenters. The second-order valence-electron chi connectivity index (χ2n) is 3.79. The summed E-state index contributed by atoms with van der Waals surface area (Å²) in [6.07, 6.45) is 3.65. The van der Waals surface area contributed by atoms with E-state index in [2.05, 4.69) is 29.1 Å². The van der Waals surface area contributed by atoms with Crippen molar-refractivity contribution < 1.29 is 0 Å². The first-order valence-electron chi connectivity index (χ1n) is 5.68. The Hall–Kier alpha value is -0.850. The van der Waals surface area contributed by atoms with E-state index in [9.17, 15) is 0 Å². The lowest BCUT2D eigenvalue weighted by molar-refractivity contribution is 0.636. The fourth-order valence-corrected chi connectivity index (χ4v) is 1.24. The van der Waals surface area contributed by atoms with Gasteiger partial charge in [-0.2, -0.15) is 0 Å². The third-order valence-electron chi connectivity index (χ3n) is 2.38. The first-order chi connectivity index (χ1) is 7.72. The van der Waals surface area contributed by atoms with E-state index in [1.165, 1.54) is 0 Å². The smallest absolute Gasteiger partial charge is 0.188 e. The van der Waals surface area contributed by atoms with Gasteiger partial charge in [-0.3, -0.25) is 9.98 Å². The van der Waals surface area contributed by atoms with Crippen LogP contribution in [0.1, 0.15) is 26.0 Å². The molecule has 5 heteroatoms. The number of hydrogen-bond donors (Lipinski definition) is 2. The average Bonchev–Trinajstić information content (AvgIpc) is 2.30. The zero-order valence-electron chi connectivity index (χ0n) is 10.4. The van der Waals surface area contributed by atoms with E-state index in [4.69, 9.17) is 5.73 Å². The summed E-state index contributed by atoms with van der Waals surface area (Å²) in [6.45, 7) is 4.87. The number of halogens is 1. The summed E-state index contributed by atoms with van der Waals surface area (Å²) >= 11 is 0. The van der Waals surface area contributed by atoms with E-state index < -0.39 is 0 Å². The molecule has 1 aromatic heterocycles. The molecular formula is C12H21IN4. The number of guanidine groups is 1. The summed E-state index contributed by atoms with van der Waals surface area (Å²) in [5.41, 5.74) is 6.78. The average molecular weight is 348 g/mol. The molecule has 0 aliphatic rings. The van der Waals surface area contributed by atoms with E-state index >= 15 is 0 Å². The van der Waals surface area contributed by atoms with Gasteiger partial charge >= 0.3 is 0 Å². The van der Waals surface area contributed by atoms with E-state index in [-0.39, 0.29) is 24.0 Å². The number of hydrogen-bond acceptors (Lipinski definition) is 2. The number of nitrogens with two attached hydrogens (primary N) is 1. The van der Waals surface area contributed by atoms with Crippen molar-refractivity contribution in [3.8, 4) is 0 Å². The van der Waals surface area contributed by atoms with Crippen LogP contribution in [0, 0.1) is 0 Å². The Morgan fingerprint density at radius 1 is 1.53 bits per heavy atom. The van der Waals surface area contributed by atoms with Crippen LogP contribution in [-0.4, -0.2) is 23.5 Å². The van der Waals surface area contributed by atoms with E-state index in [1.807, 2.05) is 18.2 Å². The van der Waals surface area contributed by atoms with Crippen LogP contribution in [0.4, 0.5) is 0 Å². The largest absolute Gasteiger partial charge is 0.370 e. The summed E-state index contributed by atoms with van der Waals surface area (Å²) in [7, 11) is 0. The summed E-state index contributed by atoms with van der Waals surface area (Å²) in [6, 6.07) is 6.25. The predicted octanol–water partition coefficient (Wildman–Crippen LogP) is 1.94. The van der Waals surface area contributed by atoms with Crippen molar-refractivity contribution in [2.24, 2.45) is 10.7 Å². The molecule has 0 radical (unpaired) electrons. The van der Waals surface area contributed by atoms with Gasteiger partial charge in [-0.1, -0.05) is 13.0 Å². The van der Waals surface area contributed by atoms with Gasteiger partial charge in [0.15, 0.2) is 5.96 Å². The molecule has 0 fully saturated rings. The molecule has 0 aliphatic heterocycles. The number of rotatable bonds is 5. The molecular weight excluding hydrogens is 327 g/mol. The molecule has 0 aromatic carbocycles. The van der Waals surface area contributed by atoms with Gasteiger partial charge in [0, 0.05) is 30.9 Å². The summed E-state index contributed by atoms with van der Waals surface area (Å²) in [5.74, 6) is 0.519. The lowest BCUT2D eigenvalue weighted by atomic mass is 10.3. The topological polar surface area (TPSA) is 63.3 Å². The molecule has 0 spiro atoms. The van der Waals surface area contributed by atoms with Crippen molar-refractivity contribution in [3.63, 3.8) is 0 Å². The van der Waals surface area contributed by atoms with Crippen LogP contribution < -0.4 is 11.1 Å². The third-order valence-corrected chi connectivity index (χ3v) is 2.38. The third kappa shape index (κ3) is 7.14. The number of aromatic nitrogens is 1. The van der Waals surface area contributed by atoms with Gasteiger partial charge in [0.05, 0.1) is 0 Å². The minimum absolute atomic E-state index is 0. The van der Waals surface area contributed by atoms with Crippen LogP contribution in [0.15, 0.2) is 29.4 Å². The van der Waals surface area contributed by atoms with Crippen LogP contribution in [0.3, 0.4) is 0 Å². The number of aliphatic imine (C=N–C) groups is 1. The zero-order chi connectivity index (χ0) is 11.8. The molecule has 1 heterocycles. The molecule has 0 saturated heterocycles. The molecule has 0 saturated carbocycles. The molecule has 1 aromatic rings. The Morgan fingerprint density at radius 3 is 2.88 bits per heavy atom. The van der Waals surface area contributed by atoms with Crippen molar-refractivity contribution in [2.75, 3.05) is 6.54 Å². The van der Waals surface area contributed by atoms with Gasteiger partial charge in [-0.05, 0) is 25.5 Å². The Kier molecular flexibility index (Phi) is 8.75. The van der Waals surface area contributed by atoms with Gasteiger partial charge in [-0.15, -0.1) is 24.0 Å². The fourth-order valence-electron chi connectivity index (χ4n) is 1.24. The summed E-state index contributed by atoms with van der Waals surface area (Å²) in [4.78, 5) is 8.47. The van der Waals surface area contributed by atoms with Gasteiger partial charge in [-0.25, -0.2) is 0 Å². The van der Waals surface area contributed by atoms with Crippen LogP contribution in [0.25, 0.3) is 0 Å². The second kappa shape index (κ2) is 9.21. The van der Waals surface area contributed by atoms with E-state index in [0.717, 1.165) is 18.5 Å². The Bertz CT molecular complexity index is 327. The molecule has 0 aliphatic carbocycles. The first-order valence-corrected chi connectivity index (χ1v) is 5.68. The highest BCUT2D eigenvalue weighted by molar-refractivity contribution is 14.0. The van der Waals surface area contributed by atoms with Crippen LogP contribution in [-0.2, 0) is 6.42 Å². The molecule has 4 nitrogen and oxygen atoms in total. The summed E-state index contributed by atoms with van der Waals surface area (Å²) < 4.78 is 0. The minimum Gasteiger partial charge on any atom is -0.370 e. The van der Waals surface area contributed by atoms with Crippen molar-refractivity contribution in [3.05, 3.63) is 30.1 Å². The number of nitrogens with zero attached hydrogens (tertiary/aromatic N) is 2. The molecule has 17 heavy (non-hydrogen) atoms. The lowest BCUT2D eigenvalue weighted by Crippen LogP contribution is -2.38. The predicted molar refractivity (Wildman–Crippen MR) is 82.7 cm³/mol. The minimum atomic E-state index is 0. The number of pyridine rings is 1. The van der Waals surface area contributed by atoms with Crippen LogP contribution in [0.5, 0.6) is 0 Å². The molecule has 96 valence electrons. The lowest BCUT2D eigenvalue weighted by Gasteiger charge is -2.11. The van der Waals surface area contributed by atoms with Crippen LogP contribution >= 0.6 is 24.0 Å². The van der Waals surface area contributed by atoms with Crippen LogP contribution in [0.2, 0.25) is 0 Å².